The number of unbranched alkanes of at least 4 members (excludes halogenated alkanes) is 2. The van der Waals surface area contributed by atoms with Gasteiger partial charge in [-0.3, -0.25) is 19.3 Å². The minimum absolute atomic E-state index is 0.0154. The molecule has 0 aliphatic carbocycles. The summed E-state index contributed by atoms with van der Waals surface area (Å²) in [6, 6.07) is 20.0. The molecule has 0 unspecified atom stereocenters. The first-order valence-corrected chi connectivity index (χ1v) is 13.3. The predicted molar refractivity (Wildman–Crippen MR) is 137 cm³/mol. The van der Waals surface area contributed by atoms with Gasteiger partial charge in [0.25, 0.3) is 21.8 Å². The van der Waals surface area contributed by atoms with Crippen LogP contribution in [0.25, 0.3) is 0 Å². The second-order valence-electron chi connectivity index (χ2n) is 8.88. The molecule has 0 saturated carbocycles. The Hall–Kier alpha value is -3.78. The Balaban J connectivity index is 1.43. The molecule has 0 atom stereocenters. The molecule has 3 aromatic rings. The topological polar surface area (TPSA) is 91.8 Å². The van der Waals surface area contributed by atoms with Gasteiger partial charge >= 0.3 is 0 Å². The number of amides is 3. The number of aryl methyl sites for hydroxylation is 2. The molecule has 0 spiro atoms. The molecule has 1 aliphatic heterocycles. The van der Waals surface area contributed by atoms with Crippen molar-refractivity contribution in [3.63, 3.8) is 0 Å². The van der Waals surface area contributed by atoms with Gasteiger partial charge in [-0.1, -0.05) is 48.9 Å². The second-order valence-corrected chi connectivity index (χ2v) is 10.7. The number of imide groups is 1. The molecule has 0 N–H and O–H groups in total. The van der Waals surface area contributed by atoms with E-state index in [1.54, 1.807) is 61.5 Å². The fourth-order valence-electron chi connectivity index (χ4n) is 4.30. The number of fused-ring (bicyclic) bond motifs is 1. The van der Waals surface area contributed by atoms with Crippen molar-refractivity contribution >= 4 is 33.4 Å². The van der Waals surface area contributed by atoms with E-state index in [1.807, 2.05) is 13.0 Å². The van der Waals surface area contributed by atoms with E-state index in [0.717, 1.165) is 9.87 Å². The highest BCUT2D eigenvalue weighted by molar-refractivity contribution is 7.93. The van der Waals surface area contributed by atoms with Crippen molar-refractivity contribution in [3.05, 3.63) is 95.1 Å². The lowest BCUT2D eigenvalue weighted by molar-refractivity contribution is -0.117. The number of benzene rings is 3. The predicted octanol–water partition coefficient (Wildman–Crippen LogP) is 4.88. The van der Waals surface area contributed by atoms with Crippen molar-refractivity contribution in [1.82, 2.24) is 4.90 Å². The summed E-state index contributed by atoms with van der Waals surface area (Å²) in [5.41, 5.74) is 2.69. The standard InChI is InChI=1S/C28H28N2O5S/c1-20-16-17-21(2)25(19-20)30(36(34,35)22-11-5-3-6-12-22)26(31)15-7-4-10-18-29-27(32)23-13-8-9-14-24(23)28(29)33/h3,5-6,8-9,11-14,16-17,19H,4,7,10,15,18H2,1-2H3. The molecular weight excluding hydrogens is 476 g/mol. The fourth-order valence-corrected chi connectivity index (χ4v) is 5.83. The molecule has 1 heterocycles. The van der Waals surface area contributed by atoms with Gasteiger partial charge in [-0.05, 0) is 68.1 Å². The van der Waals surface area contributed by atoms with E-state index in [1.165, 1.54) is 17.0 Å². The summed E-state index contributed by atoms with van der Waals surface area (Å²) in [5, 5.41) is 0. The summed E-state index contributed by atoms with van der Waals surface area (Å²) in [6.45, 7) is 3.88. The minimum Gasteiger partial charge on any atom is -0.274 e. The number of anilines is 1. The zero-order valence-electron chi connectivity index (χ0n) is 20.3. The van der Waals surface area contributed by atoms with Gasteiger partial charge < -0.3 is 0 Å². The van der Waals surface area contributed by atoms with Crippen LogP contribution in [0.2, 0.25) is 0 Å². The molecule has 3 amide bonds. The van der Waals surface area contributed by atoms with E-state index in [4.69, 9.17) is 0 Å². The molecule has 0 radical (unpaired) electrons. The monoisotopic (exact) mass is 504 g/mol. The molecule has 8 heteroatoms. The highest BCUT2D eigenvalue weighted by atomic mass is 32.2. The zero-order chi connectivity index (χ0) is 25.9. The average Bonchev–Trinajstić information content (AvgIpc) is 3.11. The normalized spacial score (nSPS) is 13.1. The fraction of sp³-hybridized carbons (Fsp3) is 0.250. The Morgan fingerprint density at radius 3 is 2.06 bits per heavy atom. The number of carbonyl (C=O) groups excluding carboxylic acids is 3. The molecule has 3 aromatic carbocycles. The summed E-state index contributed by atoms with van der Waals surface area (Å²) in [7, 11) is -4.11. The van der Waals surface area contributed by atoms with Crippen LogP contribution in [0.4, 0.5) is 5.69 Å². The molecule has 0 fully saturated rings. The Labute approximate surface area is 211 Å². The molecular formula is C28H28N2O5S. The smallest absolute Gasteiger partial charge is 0.270 e. The maximum atomic E-state index is 13.5. The van der Waals surface area contributed by atoms with Crippen LogP contribution in [0.15, 0.2) is 77.7 Å². The Bertz CT molecular complexity index is 1380. The lowest BCUT2D eigenvalue weighted by Gasteiger charge is -2.25. The van der Waals surface area contributed by atoms with E-state index in [-0.39, 0.29) is 29.7 Å². The number of sulfonamides is 1. The van der Waals surface area contributed by atoms with E-state index < -0.39 is 15.9 Å². The van der Waals surface area contributed by atoms with Crippen LogP contribution in [-0.2, 0) is 14.8 Å². The lowest BCUT2D eigenvalue weighted by atomic mass is 10.1. The van der Waals surface area contributed by atoms with Crippen molar-refractivity contribution in [2.75, 3.05) is 10.8 Å². The van der Waals surface area contributed by atoms with Crippen LogP contribution >= 0.6 is 0 Å². The van der Waals surface area contributed by atoms with Gasteiger partial charge in [0, 0.05) is 13.0 Å². The van der Waals surface area contributed by atoms with Crippen LogP contribution in [0.3, 0.4) is 0 Å². The van der Waals surface area contributed by atoms with Gasteiger partial charge in [0.05, 0.1) is 21.7 Å². The second kappa shape index (κ2) is 10.5. The third-order valence-electron chi connectivity index (χ3n) is 6.24. The first-order chi connectivity index (χ1) is 17.2. The number of hydrogen-bond donors (Lipinski definition) is 0. The molecule has 186 valence electrons. The SMILES string of the molecule is Cc1ccc(C)c(N(C(=O)CCCCCN2C(=O)c3ccccc3C2=O)S(=O)(=O)c2ccccc2)c1. The van der Waals surface area contributed by atoms with Crippen LogP contribution in [0.1, 0.15) is 57.5 Å². The quantitative estimate of drug-likeness (QED) is 0.306. The lowest BCUT2D eigenvalue weighted by Crippen LogP contribution is -2.37. The van der Waals surface area contributed by atoms with Gasteiger partial charge in [-0.2, -0.15) is 0 Å². The molecule has 1 aliphatic rings. The molecule has 0 aromatic heterocycles. The molecule has 0 bridgehead atoms. The summed E-state index contributed by atoms with van der Waals surface area (Å²) >= 11 is 0. The van der Waals surface area contributed by atoms with E-state index in [2.05, 4.69) is 0 Å². The minimum atomic E-state index is -4.11. The maximum absolute atomic E-state index is 13.5. The van der Waals surface area contributed by atoms with Crippen molar-refractivity contribution in [1.29, 1.82) is 0 Å². The van der Waals surface area contributed by atoms with Crippen molar-refractivity contribution in [3.8, 4) is 0 Å². The van der Waals surface area contributed by atoms with Crippen LogP contribution < -0.4 is 4.31 Å². The number of nitrogens with zero attached hydrogens (tertiary/aromatic N) is 2. The van der Waals surface area contributed by atoms with Gasteiger partial charge in [0.15, 0.2) is 0 Å². The van der Waals surface area contributed by atoms with Crippen molar-refractivity contribution < 1.29 is 22.8 Å². The Morgan fingerprint density at radius 1 is 0.806 bits per heavy atom. The summed E-state index contributed by atoms with van der Waals surface area (Å²) in [4.78, 5) is 39.6. The van der Waals surface area contributed by atoms with Crippen LogP contribution in [0, 0.1) is 13.8 Å². The number of rotatable bonds is 9. The Kier molecular flexibility index (Phi) is 7.35. The first kappa shape index (κ1) is 25.3. The zero-order valence-corrected chi connectivity index (χ0v) is 21.1. The van der Waals surface area contributed by atoms with E-state index in [0.29, 0.717) is 41.6 Å². The Morgan fingerprint density at radius 2 is 1.42 bits per heavy atom. The van der Waals surface area contributed by atoms with Crippen molar-refractivity contribution in [2.45, 2.75) is 44.4 Å². The van der Waals surface area contributed by atoms with Gasteiger partial charge in [-0.25, -0.2) is 12.7 Å². The molecule has 4 rings (SSSR count). The third-order valence-corrected chi connectivity index (χ3v) is 7.99. The first-order valence-electron chi connectivity index (χ1n) is 11.9. The largest absolute Gasteiger partial charge is 0.274 e. The summed E-state index contributed by atoms with van der Waals surface area (Å²) < 4.78 is 27.9. The van der Waals surface area contributed by atoms with Crippen LogP contribution in [-0.4, -0.2) is 37.6 Å². The summed E-state index contributed by atoms with van der Waals surface area (Å²) in [5.74, 6) is -1.13. The number of carbonyl (C=O) groups is 3. The summed E-state index contributed by atoms with van der Waals surface area (Å²) in [6.07, 6.45) is 1.52. The van der Waals surface area contributed by atoms with Gasteiger partial charge in [0.2, 0.25) is 5.91 Å². The maximum Gasteiger partial charge on any atom is 0.270 e. The van der Waals surface area contributed by atoms with E-state index in [9.17, 15) is 22.8 Å². The third kappa shape index (κ3) is 4.95. The highest BCUT2D eigenvalue weighted by Crippen LogP contribution is 2.29. The molecule has 0 saturated heterocycles. The van der Waals surface area contributed by atoms with E-state index >= 15 is 0 Å². The van der Waals surface area contributed by atoms with Crippen LogP contribution in [0.5, 0.6) is 0 Å². The molecule has 36 heavy (non-hydrogen) atoms. The van der Waals surface area contributed by atoms with Gasteiger partial charge in [-0.15, -0.1) is 0 Å². The average molecular weight is 505 g/mol. The highest BCUT2D eigenvalue weighted by Gasteiger charge is 2.35. The molecule has 7 nitrogen and oxygen atoms in total. The van der Waals surface area contributed by atoms with Gasteiger partial charge in [0.1, 0.15) is 0 Å². The van der Waals surface area contributed by atoms with Crippen molar-refractivity contribution in [2.24, 2.45) is 0 Å². The number of hydrogen-bond acceptors (Lipinski definition) is 5.